The molecule has 2 fully saturated rings. The number of cyclic esters (lactones) is 1. The number of ether oxygens (including phenoxy) is 4. The van der Waals surface area contributed by atoms with Crippen LogP contribution >= 0.6 is 0 Å². The molecule has 332 valence electrons. The molecule has 3 heterocycles. The Morgan fingerprint density at radius 2 is 1.46 bits per heavy atom. The van der Waals surface area contributed by atoms with Gasteiger partial charge in [-0.1, -0.05) is 121 Å². The number of nitrogens with one attached hydrogen (secondary N) is 2. The van der Waals surface area contributed by atoms with Crippen LogP contribution in [-0.4, -0.2) is 84.9 Å². The lowest BCUT2D eigenvalue weighted by Crippen LogP contribution is -2.55. The summed E-state index contributed by atoms with van der Waals surface area (Å²) >= 11 is 0. The van der Waals surface area contributed by atoms with Crippen LogP contribution in [0.5, 0.6) is 5.75 Å². The van der Waals surface area contributed by atoms with Crippen LogP contribution in [0.1, 0.15) is 64.1 Å². The number of amides is 2. The number of para-hydroxylation sites is 1. The lowest BCUT2D eigenvalue weighted by atomic mass is 9.65. The Morgan fingerprint density at radius 3 is 2.12 bits per heavy atom. The Hall–Kier alpha value is -7.31. The van der Waals surface area contributed by atoms with E-state index in [-0.39, 0.29) is 26.2 Å². The van der Waals surface area contributed by atoms with Crippen molar-refractivity contribution in [2.24, 2.45) is 11.8 Å². The van der Waals surface area contributed by atoms with Gasteiger partial charge < -0.3 is 39.8 Å². The molecule has 1 spiro atoms. The molecule has 0 radical (unpaired) electrons. The number of aliphatic hydroxyl groups is 2. The standard InChI is InChI=1S/C51H47N3O11/c1-62-47(58)36(48(59)63-2)23-14-15-31-25-26-38-37(29-31)51(50(61)53-38)41(46(57)52-30-39(56)32-16-6-3-7-17-32)43-49(60)65-44(34-20-10-5-11-21-34)42(33-18-8-4-9-19-33)54(43)45(51)35-22-12-13-24-40(35)64-28-27-55/h3-13,16-22,24-26,29,36,39,41-45,55-56H,23,27-28,30H2,1-2H3,(H,52,57)(H,53,61)/t39-,41-,42-,43-,44+,45+,51-/m0/s1. The van der Waals surface area contributed by atoms with Gasteiger partial charge in [0.15, 0.2) is 5.92 Å². The molecular weight excluding hydrogens is 831 g/mol. The molecule has 2 amide bonds. The average molecular weight is 878 g/mol. The summed E-state index contributed by atoms with van der Waals surface area (Å²) in [7, 11) is 2.31. The van der Waals surface area contributed by atoms with Crippen LogP contribution in [0.3, 0.4) is 0 Å². The number of hydrogen-bond acceptors (Lipinski definition) is 12. The van der Waals surface area contributed by atoms with Crippen LogP contribution in [0.25, 0.3) is 0 Å². The van der Waals surface area contributed by atoms with Gasteiger partial charge in [0.2, 0.25) is 11.8 Å². The molecule has 4 N–H and O–H groups in total. The van der Waals surface area contributed by atoms with E-state index in [4.69, 9.17) is 18.9 Å². The van der Waals surface area contributed by atoms with Crippen LogP contribution < -0.4 is 15.4 Å². The summed E-state index contributed by atoms with van der Waals surface area (Å²) < 4.78 is 22.3. The Kier molecular flexibility index (Phi) is 13.1. The van der Waals surface area contributed by atoms with Crippen molar-refractivity contribution in [1.29, 1.82) is 0 Å². The highest BCUT2D eigenvalue weighted by atomic mass is 16.6. The highest BCUT2D eigenvalue weighted by Crippen LogP contribution is 2.65. The van der Waals surface area contributed by atoms with Gasteiger partial charge in [-0.3, -0.25) is 28.9 Å². The van der Waals surface area contributed by atoms with Gasteiger partial charge >= 0.3 is 17.9 Å². The monoisotopic (exact) mass is 877 g/mol. The first-order valence-electron chi connectivity index (χ1n) is 21.2. The van der Waals surface area contributed by atoms with E-state index >= 15 is 14.4 Å². The van der Waals surface area contributed by atoms with Crippen molar-refractivity contribution in [3.63, 3.8) is 0 Å². The SMILES string of the molecule is COC(=O)C(CC#Cc1ccc2c(c1)[C@]1(C(=O)N2)[C@H](C(=O)NC[C@H](O)c2ccccc2)[C@H]2C(=O)O[C@H](c3ccccc3)[C@H](c3ccccc3)N2[C@@H]1c1ccccc1OCCO)C(=O)OC. The summed E-state index contributed by atoms with van der Waals surface area (Å²) in [6.07, 6.45) is -2.30. The molecule has 0 saturated carbocycles. The maximum atomic E-state index is 15.6. The zero-order chi connectivity index (χ0) is 45.7. The van der Waals surface area contributed by atoms with Crippen LogP contribution in [0, 0.1) is 23.7 Å². The number of aliphatic hydroxyl groups excluding tert-OH is 2. The number of hydrogen-bond donors (Lipinski definition) is 4. The van der Waals surface area contributed by atoms with Crippen molar-refractivity contribution in [3.8, 4) is 17.6 Å². The van der Waals surface area contributed by atoms with Gasteiger partial charge in [-0.15, -0.1) is 0 Å². The van der Waals surface area contributed by atoms with E-state index < -0.39 is 77.3 Å². The molecule has 8 rings (SSSR count). The zero-order valence-corrected chi connectivity index (χ0v) is 35.6. The van der Waals surface area contributed by atoms with Crippen molar-refractivity contribution in [3.05, 3.63) is 167 Å². The summed E-state index contributed by atoms with van der Waals surface area (Å²) in [4.78, 5) is 73.0. The number of benzene rings is 5. The van der Waals surface area contributed by atoms with Crippen molar-refractivity contribution in [2.75, 3.05) is 39.3 Å². The van der Waals surface area contributed by atoms with E-state index in [1.54, 1.807) is 72.8 Å². The quantitative estimate of drug-likeness (QED) is 0.0544. The number of rotatable bonds is 13. The molecule has 0 aliphatic carbocycles. The summed E-state index contributed by atoms with van der Waals surface area (Å²) in [5.41, 5.74) is 1.53. The third kappa shape index (κ3) is 8.21. The first-order chi connectivity index (χ1) is 31.6. The third-order valence-corrected chi connectivity index (χ3v) is 12.3. The topological polar surface area (TPSA) is 190 Å². The van der Waals surface area contributed by atoms with Crippen molar-refractivity contribution < 1.29 is 53.1 Å². The minimum absolute atomic E-state index is 0.0983. The summed E-state index contributed by atoms with van der Waals surface area (Å²) in [5.74, 6) is -0.293. The first-order valence-corrected chi connectivity index (χ1v) is 21.2. The molecule has 65 heavy (non-hydrogen) atoms. The van der Waals surface area contributed by atoms with E-state index in [9.17, 15) is 19.8 Å². The number of anilines is 1. The maximum Gasteiger partial charge on any atom is 0.324 e. The number of nitrogens with zero attached hydrogens (tertiary/aromatic N) is 1. The van der Waals surface area contributed by atoms with Crippen molar-refractivity contribution in [2.45, 2.75) is 42.2 Å². The van der Waals surface area contributed by atoms with Gasteiger partial charge in [-0.25, -0.2) is 0 Å². The number of carbonyl (C=O) groups is 5. The van der Waals surface area contributed by atoms with Gasteiger partial charge in [-0.05, 0) is 46.5 Å². The van der Waals surface area contributed by atoms with Crippen molar-refractivity contribution >= 4 is 35.4 Å². The maximum absolute atomic E-state index is 15.6. The molecule has 3 aliphatic rings. The minimum Gasteiger partial charge on any atom is -0.491 e. The lowest BCUT2D eigenvalue weighted by molar-refractivity contribution is -0.178. The van der Waals surface area contributed by atoms with Crippen LogP contribution in [0.15, 0.2) is 133 Å². The molecule has 0 bridgehead atoms. The van der Waals surface area contributed by atoms with Crippen molar-refractivity contribution in [1.82, 2.24) is 10.2 Å². The van der Waals surface area contributed by atoms with E-state index in [2.05, 4.69) is 22.5 Å². The first kappa shape index (κ1) is 44.3. The predicted molar refractivity (Wildman–Crippen MR) is 236 cm³/mol. The highest BCUT2D eigenvalue weighted by molar-refractivity contribution is 6.12. The molecule has 14 nitrogen and oxygen atoms in total. The molecule has 5 aromatic carbocycles. The van der Waals surface area contributed by atoms with Gasteiger partial charge in [0.25, 0.3) is 0 Å². The fourth-order valence-corrected chi connectivity index (χ4v) is 9.54. The Balaban J connectivity index is 1.38. The van der Waals surface area contributed by atoms with Gasteiger partial charge in [0.1, 0.15) is 29.9 Å². The third-order valence-electron chi connectivity index (χ3n) is 12.3. The smallest absolute Gasteiger partial charge is 0.324 e. The number of methoxy groups -OCH3 is 2. The van der Waals surface area contributed by atoms with E-state index in [0.29, 0.717) is 39.3 Å². The molecule has 0 unspecified atom stereocenters. The lowest BCUT2D eigenvalue weighted by Gasteiger charge is -2.46. The second-order valence-corrected chi connectivity index (χ2v) is 15.9. The van der Waals surface area contributed by atoms with Gasteiger partial charge in [-0.2, -0.15) is 0 Å². The highest BCUT2D eigenvalue weighted by Gasteiger charge is 2.74. The minimum atomic E-state index is -1.93. The molecule has 3 aliphatic heterocycles. The van der Waals surface area contributed by atoms with E-state index in [1.165, 1.54) is 0 Å². The second kappa shape index (κ2) is 19.2. The summed E-state index contributed by atoms with van der Waals surface area (Å²) in [6, 6.07) is 36.1. The van der Waals surface area contributed by atoms with Crippen LogP contribution in [0.4, 0.5) is 5.69 Å². The van der Waals surface area contributed by atoms with Gasteiger partial charge in [0, 0.05) is 29.8 Å². The Bertz CT molecular complexity index is 2620. The van der Waals surface area contributed by atoms with E-state index in [1.807, 2.05) is 65.6 Å². The Morgan fingerprint density at radius 1 is 0.831 bits per heavy atom. The summed E-state index contributed by atoms with van der Waals surface area (Å²) in [6.45, 7) is -0.675. The molecule has 14 heteroatoms. The summed E-state index contributed by atoms with van der Waals surface area (Å²) in [5, 5.41) is 27.2. The van der Waals surface area contributed by atoms with E-state index in [0.717, 1.165) is 19.8 Å². The largest absolute Gasteiger partial charge is 0.491 e. The van der Waals surface area contributed by atoms with Crippen LogP contribution in [-0.2, 0) is 43.6 Å². The number of fused-ring (bicyclic) bond motifs is 3. The molecule has 7 atom stereocenters. The second-order valence-electron chi connectivity index (χ2n) is 15.9. The van der Waals surface area contributed by atoms with Gasteiger partial charge in [0.05, 0.1) is 44.9 Å². The fraction of sp³-hybridized carbons (Fsp3) is 0.275. The number of esters is 3. The average Bonchev–Trinajstić information content (AvgIpc) is 3.82. The normalized spacial score (nSPS) is 22.4. The molecule has 2 saturated heterocycles. The molecular formula is C51H47N3O11. The molecule has 0 aromatic heterocycles. The number of morpholine rings is 1. The van der Waals surface area contributed by atoms with Crippen LogP contribution in [0.2, 0.25) is 0 Å². The zero-order valence-electron chi connectivity index (χ0n) is 35.6. The molecule has 5 aromatic rings. The number of carbonyl (C=O) groups excluding carboxylic acids is 5. The fourth-order valence-electron chi connectivity index (χ4n) is 9.54. The predicted octanol–water partition coefficient (Wildman–Crippen LogP) is 4.88. The Labute approximate surface area is 375 Å².